The van der Waals surface area contributed by atoms with Gasteiger partial charge in [-0.2, -0.15) is 0 Å². The van der Waals surface area contributed by atoms with Gasteiger partial charge in [-0.25, -0.2) is 8.42 Å². The number of hydrogen-bond acceptors (Lipinski definition) is 3. The van der Waals surface area contributed by atoms with E-state index in [1.165, 1.54) is 0 Å². The Balaban J connectivity index is 2.18. The van der Waals surface area contributed by atoms with E-state index < -0.39 is 10.0 Å². The molecule has 1 saturated carbocycles. The van der Waals surface area contributed by atoms with Gasteiger partial charge in [0.05, 0.1) is 5.25 Å². The van der Waals surface area contributed by atoms with Gasteiger partial charge < -0.3 is 5.73 Å². The topological polar surface area (TPSA) is 72.2 Å². The van der Waals surface area contributed by atoms with Gasteiger partial charge in [0.15, 0.2) is 0 Å². The lowest BCUT2D eigenvalue weighted by molar-refractivity contribution is 0.585. The minimum Gasteiger partial charge on any atom is -0.389 e. The molecule has 4 nitrogen and oxygen atoms in total. The number of nitrogens with one attached hydrogen (secondary N) is 1. The minimum absolute atomic E-state index is 0.261. The summed E-state index contributed by atoms with van der Waals surface area (Å²) in [7, 11) is -3.29. The third kappa shape index (κ3) is 3.00. The van der Waals surface area contributed by atoms with Crippen molar-refractivity contribution in [2.45, 2.75) is 30.9 Å². The summed E-state index contributed by atoms with van der Waals surface area (Å²) in [4.78, 5) is 0.261. The zero-order valence-electron chi connectivity index (χ0n) is 9.93. The highest BCUT2D eigenvalue weighted by atomic mass is 32.2. The average Bonchev–Trinajstić information content (AvgIpc) is 2.82. The van der Waals surface area contributed by atoms with E-state index in [0.717, 1.165) is 25.7 Å². The normalized spacial score (nSPS) is 16.7. The van der Waals surface area contributed by atoms with Crippen molar-refractivity contribution >= 4 is 32.9 Å². The molecule has 0 amide bonds. The van der Waals surface area contributed by atoms with E-state index >= 15 is 0 Å². The first-order valence-corrected chi connectivity index (χ1v) is 7.86. The highest BCUT2D eigenvalue weighted by Crippen LogP contribution is 2.26. The van der Waals surface area contributed by atoms with E-state index in [0.29, 0.717) is 11.3 Å². The van der Waals surface area contributed by atoms with Crippen molar-refractivity contribution in [2.24, 2.45) is 5.73 Å². The van der Waals surface area contributed by atoms with Crippen LogP contribution in [-0.2, 0) is 10.0 Å². The third-order valence-corrected chi connectivity index (χ3v) is 5.25. The Morgan fingerprint density at radius 2 is 2.00 bits per heavy atom. The molecule has 3 N–H and O–H groups in total. The standard InChI is InChI=1S/C12H16N2O2S2/c13-12(17)9-4-3-5-10(8-9)14-18(15,16)11-6-1-2-7-11/h3-5,8,11,14H,1-2,6-7H2,(H2,13,17). The van der Waals surface area contributed by atoms with Crippen molar-refractivity contribution in [3.63, 3.8) is 0 Å². The molecule has 0 spiro atoms. The monoisotopic (exact) mass is 284 g/mol. The predicted molar refractivity (Wildman–Crippen MR) is 77.1 cm³/mol. The molecule has 1 aromatic rings. The van der Waals surface area contributed by atoms with Crippen molar-refractivity contribution in [1.82, 2.24) is 0 Å². The lowest BCUT2D eigenvalue weighted by atomic mass is 10.2. The highest BCUT2D eigenvalue weighted by Gasteiger charge is 2.28. The van der Waals surface area contributed by atoms with Crippen LogP contribution in [-0.4, -0.2) is 18.7 Å². The van der Waals surface area contributed by atoms with Gasteiger partial charge in [-0.1, -0.05) is 37.2 Å². The Bertz CT molecular complexity index is 549. The molecule has 0 aliphatic heterocycles. The molecule has 2 rings (SSSR count). The third-order valence-electron chi connectivity index (χ3n) is 3.15. The Morgan fingerprint density at radius 1 is 1.33 bits per heavy atom. The first kappa shape index (κ1) is 13.3. The van der Waals surface area contributed by atoms with Crippen LogP contribution in [0.2, 0.25) is 0 Å². The molecule has 18 heavy (non-hydrogen) atoms. The highest BCUT2D eigenvalue weighted by molar-refractivity contribution is 7.93. The van der Waals surface area contributed by atoms with Crippen LogP contribution in [0.3, 0.4) is 0 Å². The van der Waals surface area contributed by atoms with Crippen molar-refractivity contribution in [2.75, 3.05) is 4.72 Å². The van der Waals surface area contributed by atoms with Crippen LogP contribution in [0.1, 0.15) is 31.2 Å². The molecule has 1 fully saturated rings. The van der Waals surface area contributed by atoms with Gasteiger partial charge in [0, 0.05) is 11.3 Å². The summed E-state index contributed by atoms with van der Waals surface area (Å²) >= 11 is 4.87. The molecule has 1 aliphatic rings. The molecule has 0 radical (unpaired) electrons. The fraction of sp³-hybridized carbons (Fsp3) is 0.417. The van der Waals surface area contributed by atoms with E-state index in [4.69, 9.17) is 18.0 Å². The van der Waals surface area contributed by atoms with Gasteiger partial charge in [0.2, 0.25) is 10.0 Å². The number of anilines is 1. The second kappa shape index (κ2) is 5.24. The molecule has 0 atom stereocenters. The molecule has 6 heteroatoms. The van der Waals surface area contributed by atoms with E-state index in [1.54, 1.807) is 24.3 Å². The van der Waals surface area contributed by atoms with Crippen molar-refractivity contribution in [3.05, 3.63) is 29.8 Å². The predicted octanol–water partition coefficient (Wildman–Crippen LogP) is 2.01. The van der Waals surface area contributed by atoms with Gasteiger partial charge in [-0.15, -0.1) is 0 Å². The molecular formula is C12H16N2O2S2. The van der Waals surface area contributed by atoms with Crippen molar-refractivity contribution < 1.29 is 8.42 Å². The zero-order chi connectivity index (χ0) is 13.2. The quantitative estimate of drug-likeness (QED) is 0.830. The number of rotatable bonds is 4. The maximum absolute atomic E-state index is 12.1. The molecule has 0 bridgehead atoms. The van der Waals surface area contributed by atoms with Gasteiger partial charge in [0.1, 0.15) is 4.99 Å². The molecule has 1 aromatic carbocycles. The summed E-state index contributed by atoms with van der Waals surface area (Å²) in [5, 5.41) is -0.272. The van der Waals surface area contributed by atoms with E-state index in [1.807, 2.05) is 0 Å². The molecule has 98 valence electrons. The van der Waals surface area contributed by atoms with Gasteiger partial charge >= 0.3 is 0 Å². The lowest BCUT2D eigenvalue weighted by Crippen LogP contribution is -2.25. The van der Waals surface area contributed by atoms with Gasteiger partial charge in [-0.05, 0) is 25.0 Å². The number of benzene rings is 1. The fourth-order valence-electron chi connectivity index (χ4n) is 2.18. The SMILES string of the molecule is NC(=S)c1cccc(NS(=O)(=O)C2CCCC2)c1. The molecule has 0 unspecified atom stereocenters. The fourth-order valence-corrected chi connectivity index (χ4v) is 3.89. The van der Waals surface area contributed by atoms with Crippen LogP contribution >= 0.6 is 12.2 Å². The summed E-state index contributed by atoms with van der Waals surface area (Å²) in [6.07, 6.45) is 3.45. The Labute approximate surface area is 113 Å². The first-order valence-electron chi connectivity index (χ1n) is 5.90. The minimum atomic E-state index is -3.29. The summed E-state index contributed by atoms with van der Waals surface area (Å²) in [5.41, 5.74) is 6.71. The first-order chi connectivity index (χ1) is 8.49. The van der Waals surface area contributed by atoms with Crippen molar-refractivity contribution in [3.8, 4) is 0 Å². The van der Waals surface area contributed by atoms with Gasteiger partial charge in [-0.3, -0.25) is 4.72 Å². The van der Waals surface area contributed by atoms with Crippen LogP contribution in [0, 0.1) is 0 Å². The van der Waals surface area contributed by atoms with Crippen LogP contribution in [0.15, 0.2) is 24.3 Å². The Kier molecular flexibility index (Phi) is 3.87. The maximum Gasteiger partial charge on any atom is 0.235 e. The summed E-state index contributed by atoms with van der Waals surface area (Å²) in [6, 6.07) is 6.86. The average molecular weight is 284 g/mol. The second-order valence-electron chi connectivity index (χ2n) is 4.50. The molecule has 0 saturated heterocycles. The molecule has 1 aliphatic carbocycles. The number of thiocarbonyl (C=S) groups is 1. The summed E-state index contributed by atoms with van der Waals surface area (Å²) in [6.45, 7) is 0. The van der Waals surface area contributed by atoms with Gasteiger partial charge in [0.25, 0.3) is 0 Å². The van der Waals surface area contributed by atoms with Crippen LogP contribution in [0.4, 0.5) is 5.69 Å². The molecule has 0 heterocycles. The van der Waals surface area contributed by atoms with Crippen LogP contribution < -0.4 is 10.5 Å². The Hall–Kier alpha value is -1.14. The van der Waals surface area contributed by atoms with Crippen molar-refractivity contribution in [1.29, 1.82) is 0 Å². The number of sulfonamides is 1. The van der Waals surface area contributed by atoms with Crippen LogP contribution in [0.5, 0.6) is 0 Å². The Morgan fingerprint density at radius 3 is 2.61 bits per heavy atom. The second-order valence-corrected chi connectivity index (χ2v) is 6.90. The van der Waals surface area contributed by atoms with E-state index in [-0.39, 0.29) is 10.2 Å². The van der Waals surface area contributed by atoms with Crippen LogP contribution in [0.25, 0.3) is 0 Å². The van der Waals surface area contributed by atoms with E-state index in [9.17, 15) is 8.42 Å². The smallest absolute Gasteiger partial charge is 0.235 e. The number of hydrogen-bond donors (Lipinski definition) is 2. The maximum atomic E-state index is 12.1. The largest absolute Gasteiger partial charge is 0.389 e. The molecular weight excluding hydrogens is 268 g/mol. The lowest BCUT2D eigenvalue weighted by Gasteiger charge is -2.13. The zero-order valence-corrected chi connectivity index (χ0v) is 11.6. The number of nitrogens with two attached hydrogens (primary N) is 1. The molecule has 0 aromatic heterocycles. The van der Waals surface area contributed by atoms with E-state index in [2.05, 4.69) is 4.72 Å². The summed E-state index contributed by atoms with van der Waals surface area (Å²) < 4.78 is 26.8. The summed E-state index contributed by atoms with van der Waals surface area (Å²) in [5.74, 6) is 0.